The molecule has 2 aromatic rings. The lowest BCUT2D eigenvalue weighted by molar-refractivity contribution is 0.479. The fraction of sp³-hybridized carbons (Fsp3) is 0.294. The van der Waals surface area contributed by atoms with Crippen LogP contribution in [0.25, 0.3) is 0 Å². The summed E-state index contributed by atoms with van der Waals surface area (Å²) in [7, 11) is 0. The molecule has 0 fully saturated rings. The van der Waals surface area contributed by atoms with Gasteiger partial charge in [-0.1, -0.05) is 35.0 Å². The van der Waals surface area contributed by atoms with Crippen LogP contribution in [0.5, 0.6) is 11.5 Å². The van der Waals surface area contributed by atoms with Crippen molar-refractivity contribution in [3.63, 3.8) is 0 Å². The molecule has 1 unspecified atom stereocenters. The van der Waals surface area contributed by atoms with Gasteiger partial charge >= 0.3 is 0 Å². The van der Waals surface area contributed by atoms with Crippen molar-refractivity contribution < 1.29 is 4.74 Å². The maximum atomic E-state index is 5.88. The largest absolute Gasteiger partial charge is 0.457 e. The maximum absolute atomic E-state index is 5.88. The fourth-order valence-corrected chi connectivity index (χ4v) is 2.23. The predicted molar refractivity (Wildman–Crippen MR) is 87.4 cm³/mol. The van der Waals surface area contributed by atoms with Crippen molar-refractivity contribution in [1.29, 1.82) is 0 Å². The van der Waals surface area contributed by atoms with Crippen molar-refractivity contribution in [2.24, 2.45) is 0 Å². The van der Waals surface area contributed by atoms with E-state index in [1.54, 1.807) is 0 Å². The van der Waals surface area contributed by atoms with Crippen LogP contribution < -0.4 is 10.1 Å². The summed E-state index contributed by atoms with van der Waals surface area (Å²) in [5.41, 5.74) is 1.24. The van der Waals surface area contributed by atoms with E-state index >= 15 is 0 Å². The molecular weight excluding hydrogens is 314 g/mol. The van der Waals surface area contributed by atoms with Crippen LogP contribution in [-0.4, -0.2) is 6.54 Å². The van der Waals surface area contributed by atoms with Crippen LogP contribution >= 0.6 is 15.9 Å². The van der Waals surface area contributed by atoms with Crippen LogP contribution in [0.1, 0.15) is 31.9 Å². The topological polar surface area (TPSA) is 21.3 Å². The summed E-state index contributed by atoms with van der Waals surface area (Å²) in [4.78, 5) is 0. The molecule has 2 aromatic carbocycles. The van der Waals surface area contributed by atoms with E-state index in [0.29, 0.717) is 6.04 Å². The van der Waals surface area contributed by atoms with Crippen molar-refractivity contribution in [2.75, 3.05) is 6.54 Å². The molecule has 106 valence electrons. The SMILES string of the molecule is CCCNC(C)c1cccc(Oc2ccc(Br)cc2)c1. The Kier molecular flexibility index (Phi) is 5.62. The van der Waals surface area contributed by atoms with E-state index < -0.39 is 0 Å². The zero-order valence-corrected chi connectivity index (χ0v) is 13.5. The Morgan fingerprint density at radius 2 is 1.85 bits per heavy atom. The van der Waals surface area contributed by atoms with Gasteiger partial charge in [-0.15, -0.1) is 0 Å². The summed E-state index contributed by atoms with van der Waals surface area (Å²) in [6.07, 6.45) is 1.14. The van der Waals surface area contributed by atoms with E-state index in [1.807, 2.05) is 36.4 Å². The highest BCUT2D eigenvalue weighted by Gasteiger charge is 2.05. The first-order chi connectivity index (χ1) is 9.69. The van der Waals surface area contributed by atoms with Crippen molar-refractivity contribution in [1.82, 2.24) is 5.32 Å². The van der Waals surface area contributed by atoms with Crippen molar-refractivity contribution in [2.45, 2.75) is 26.3 Å². The molecule has 1 N–H and O–H groups in total. The minimum absolute atomic E-state index is 0.336. The standard InChI is InChI=1S/C17H20BrNO/c1-3-11-19-13(2)14-5-4-6-17(12-14)20-16-9-7-15(18)8-10-16/h4-10,12-13,19H,3,11H2,1-2H3. The number of ether oxygens (including phenoxy) is 1. The number of hydrogen-bond acceptors (Lipinski definition) is 2. The lowest BCUT2D eigenvalue weighted by atomic mass is 10.1. The Bertz CT molecular complexity index is 539. The third-order valence-electron chi connectivity index (χ3n) is 3.11. The highest BCUT2D eigenvalue weighted by atomic mass is 79.9. The van der Waals surface area contributed by atoms with E-state index in [4.69, 9.17) is 4.74 Å². The monoisotopic (exact) mass is 333 g/mol. The molecule has 1 atom stereocenters. The average Bonchev–Trinajstić information content (AvgIpc) is 2.47. The van der Waals surface area contributed by atoms with Gasteiger partial charge in [-0.2, -0.15) is 0 Å². The minimum Gasteiger partial charge on any atom is -0.457 e. The normalized spacial score (nSPS) is 12.2. The number of halogens is 1. The van der Waals surface area contributed by atoms with Gasteiger partial charge in [0.25, 0.3) is 0 Å². The van der Waals surface area contributed by atoms with Crippen LogP contribution in [0.3, 0.4) is 0 Å². The highest BCUT2D eigenvalue weighted by molar-refractivity contribution is 9.10. The summed E-state index contributed by atoms with van der Waals surface area (Å²) in [5, 5.41) is 3.49. The molecule has 2 rings (SSSR count). The Labute approximate surface area is 129 Å². The van der Waals surface area contributed by atoms with E-state index in [9.17, 15) is 0 Å². The summed E-state index contributed by atoms with van der Waals surface area (Å²) < 4.78 is 6.93. The summed E-state index contributed by atoms with van der Waals surface area (Å²) in [6, 6.07) is 16.4. The van der Waals surface area contributed by atoms with Gasteiger partial charge in [0.05, 0.1) is 0 Å². The average molecular weight is 334 g/mol. The second-order valence-corrected chi connectivity index (χ2v) is 5.72. The Morgan fingerprint density at radius 3 is 2.55 bits per heavy atom. The second kappa shape index (κ2) is 7.46. The molecule has 0 aromatic heterocycles. The molecule has 0 saturated heterocycles. The first-order valence-corrected chi connectivity index (χ1v) is 7.75. The zero-order valence-electron chi connectivity index (χ0n) is 11.9. The fourth-order valence-electron chi connectivity index (χ4n) is 1.96. The van der Waals surface area contributed by atoms with E-state index in [-0.39, 0.29) is 0 Å². The molecule has 20 heavy (non-hydrogen) atoms. The molecule has 0 amide bonds. The number of rotatable bonds is 6. The zero-order chi connectivity index (χ0) is 14.4. The maximum Gasteiger partial charge on any atom is 0.127 e. The lowest BCUT2D eigenvalue weighted by Gasteiger charge is -2.15. The number of hydrogen-bond donors (Lipinski definition) is 1. The molecule has 0 heterocycles. The van der Waals surface area contributed by atoms with Crippen LogP contribution in [-0.2, 0) is 0 Å². The molecule has 0 aliphatic carbocycles. The second-order valence-electron chi connectivity index (χ2n) is 4.80. The van der Waals surface area contributed by atoms with E-state index in [0.717, 1.165) is 28.9 Å². The summed E-state index contributed by atoms with van der Waals surface area (Å²) in [5.74, 6) is 1.72. The van der Waals surface area contributed by atoms with Crippen molar-refractivity contribution in [3.05, 3.63) is 58.6 Å². The quantitative estimate of drug-likeness (QED) is 0.774. The Hall–Kier alpha value is -1.32. The third kappa shape index (κ3) is 4.36. The highest BCUT2D eigenvalue weighted by Crippen LogP contribution is 2.25. The predicted octanol–water partition coefficient (Wildman–Crippen LogP) is 5.30. The van der Waals surface area contributed by atoms with Crippen LogP contribution in [0, 0.1) is 0 Å². The van der Waals surface area contributed by atoms with E-state index in [2.05, 4.69) is 47.2 Å². The first kappa shape index (κ1) is 15.1. The third-order valence-corrected chi connectivity index (χ3v) is 3.64. The smallest absolute Gasteiger partial charge is 0.127 e. The van der Waals surface area contributed by atoms with Gasteiger partial charge in [-0.3, -0.25) is 0 Å². The summed E-state index contributed by atoms with van der Waals surface area (Å²) >= 11 is 3.42. The Balaban J connectivity index is 2.07. The van der Waals surface area contributed by atoms with Gasteiger partial charge < -0.3 is 10.1 Å². The molecule has 2 nitrogen and oxygen atoms in total. The molecule has 0 bridgehead atoms. The minimum atomic E-state index is 0.336. The molecule has 0 spiro atoms. The molecule has 0 aliphatic rings. The van der Waals surface area contributed by atoms with Crippen LogP contribution in [0.2, 0.25) is 0 Å². The lowest BCUT2D eigenvalue weighted by Crippen LogP contribution is -2.19. The van der Waals surface area contributed by atoms with Gasteiger partial charge in [0.1, 0.15) is 11.5 Å². The van der Waals surface area contributed by atoms with Gasteiger partial charge in [0, 0.05) is 10.5 Å². The molecule has 3 heteroatoms. The van der Waals surface area contributed by atoms with Gasteiger partial charge in [-0.05, 0) is 61.9 Å². The van der Waals surface area contributed by atoms with Gasteiger partial charge in [-0.25, -0.2) is 0 Å². The molecular formula is C17H20BrNO. The number of nitrogens with one attached hydrogen (secondary N) is 1. The van der Waals surface area contributed by atoms with E-state index in [1.165, 1.54) is 5.56 Å². The van der Waals surface area contributed by atoms with Crippen LogP contribution in [0.4, 0.5) is 0 Å². The summed E-state index contributed by atoms with van der Waals surface area (Å²) in [6.45, 7) is 5.38. The van der Waals surface area contributed by atoms with Crippen molar-refractivity contribution >= 4 is 15.9 Å². The molecule has 0 saturated carbocycles. The first-order valence-electron chi connectivity index (χ1n) is 6.96. The molecule has 0 aliphatic heterocycles. The number of benzene rings is 2. The van der Waals surface area contributed by atoms with Gasteiger partial charge in [0.2, 0.25) is 0 Å². The van der Waals surface area contributed by atoms with Gasteiger partial charge in [0.15, 0.2) is 0 Å². The van der Waals surface area contributed by atoms with Crippen molar-refractivity contribution in [3.8, 4) is 11.5 Å². The molecule has 0 radical (unpaired) electrons. The Morgan fingerprint density at radius 1 is 1.10 bits per heavy atom. The van der Waals surface area contributed by atoms with Crippen LogP contribution in [0.15, 0.2) is 53.0 Å².